The standard InChI is InChI=1S/C20H17N3S/c1-14(16-12-11-15-7-3-4-8-17(15)13-16)21-22-20-23(2)18-9-5-6-10-19(18)24-20/h3-13H,1-2H3/b21-14+,22-20+. The summed E-state index contributed by atoms with van der Waals surface area (Å²) in [4.78, 5) is 0.899. The summed E-state index contributed by atoms with van der Waals surface area (Å²) in [5.74, 6) is 0. The van der Waals surface area contributed by atoms with Crippen molar-refractivity contribution < 1.29 is 0 Å². The van der Waals surface area contributed by atoms with E-state index in [1.165, 1.54) is 21.0 Å². The third-order valence-corrected chi connectivity index (χ3v) is 5.27. The summed E-state index contributed by atoms with van der Waals surface area (Å²) in [6, 6.07) is 23.0. The molecule has 0 bridgehead atoms. The first kappa shape index (κ1) is 14.8. The van der Waals surface area contributed by atoms with Crippen molar-refractivity contribution in [1.29, 1.82) is 0 Å². The molecule has 3 nitrogen and oxygen atoms in total. The normalized spacial score (nSPS) is 13.1. The first-order chi connectivity index (χ1) is 11.7. The smallest absolute Gasteiger partial charge is 0.211 e. The van der Waals surface area contributed by atoms with Gasteiger partial charge in [-0.3, -0.25) is 0 Å². The first-order valence-electron chi connectivity index (χ1n) is 7.84. The molecule has 3 aromatic carbocycles. The van der Waals surface area contributed by atoms with Crippen molar-refractivity contribution in [3.8, 4) is 0 Å². The summed E-state index contributed by atoms with van der Waals surface area (Å²) < 4.78 is 3.30. The van der Waals surface area contributed by atoms with E-state index in [0.717, 1.165) is 16.1 Å². The van der Waals surface area contributed by atoms with Crippen LogP contribution in [0.25, 0.3) is 21.0 Å². The van der Waals surface area contributed by atoms with E-state index in [9.17, 15) is 0 Å². The predicted octanol–water partition coefficient (Wildman–Crippen LogP) is 4.72. The van der Waals surface area contributed by atoms with E-state index < -0.39 is 0 Å². The van der Waals surface area contributed by atoms with E-state index in [1.807, 2.05) is 26.1 Å². The number of para-hydroxylation sites is 1. The minimum Gasteiger partial charge on any atom is -0.318 e. The van der Waals surface area contributed by atoms with Crippen LogP contribution in [0.3, 0.4) is 0 Å². The zero-order valence-corrected chi connectivity index (χ0v) is 14.4. The molecule has 0 radical (unpaired) electrons. The average molecular weight is 331 g/mol. The lowest BCUT2D eigenvalue weighted by Gasteiger charge is -2.02. The predicted molar refractivity (Wildman–Crippen MR) is 103 cm³/mol. The Labute approximate surface area is 144 Å². The second kappa shape index (κ2) is 6.06. The number of thiazole rings is 1. The van der Waals surface area contributed by atoms with E-state index in [1.54, 1.807) is 11.3 Å². The van der Waals surface area contributed by atoms with Crippen molar-refractivity contribution in [2.75, 3.05) is 0 Å². The van der Waals surface area contributed by atoms with Crippen molar-refractivity contribution in [2.24, 2.45) is 17.3 Å². The van der Waals surface area contributed by atoms with Gasteiger partial charge in [-0.15, -0.1) is 5.10 Å². The Morgan fingerprint density at radius 2 is 1.67 bits per heavy atom. The Balaban J connectivity index is 1.76. The summed E-state index contributed by atoms with van der Waals surface area (Å²) in [6.07, 6.45) is 0. The van der Waals surface area contributed by atoms with Crippen LogP contribution in [0, 0.1) is 0 Å². The summed E-state index contributed by atoms with van der Waals surface area (Å²) >= 11 is 1.65. The maximum absolute atomic E-state index is 4.47. The molecule has 0 saturated heterocycles. The zero-order valence-electron chi connectivity index (χ0n) is 13.6. The molecule has 0 fully saturated rings. The van der Waals surface area contributed by atoms with Crippen LogP contribution in [0.4, 0.5) is 0 Å². The molecule has 0 aliphatic heterocycles. The molecule has 0 unspecified atom stereocenters. The van der Waals surface area contributed by atoms with Gasteiger partial charge in [0.2, 0.25) is 4.80 Å². The number of fused-ring (bicyclic) bond motifs is 2. The topological polar surface area (TPSA) is 29.6 Å². The average Bonchev–Trinajstić information content (AvgIpc) is 2.95. The molecule has 24 heavy (non-hydrogen) atoms. The fraction of sp³-hybridized carbons (Fsp3) is 0.100. The lowest BCUT2D eigenvalue weighted by atomic mass is 10.0. The monoisotopic (exact) mass is 331 g/mol. The minimum atomic E-state index is 0.899. The fourth-order valence-corrected chi connectivity index (χ4v) is 3.74. The summed E-state index contributed by atoms with van der Waals surface area (Å²) in [5, 5.41) is 11.4. The number of hydrogen-bond donors (Lipinski definition) is 0. The van der Waals surface area contributed by atoms with Crippen LogP contribution >= 0.6 is 11.3 Å². The Morgan fingerprint density at radius 3 is 2.50 bits per heavy atom. The quantitative estimate of drug-likeness (QED) is 0.376. The Hall–Kier alpha value is -2.72. The van der Waals surface area contributed by atoms with Gasteiger partial charge < -0.3 is 4.57 Å². The van der Waals surface area contributed by atoms with Gasteiger partial charge in [0, 0.05) is 7.05 Å². The van der Waals surface area contributed by atoms with Crippen molar-refractivity contribution in [3.05, 3.63) is 77.1 Å². The molecule has 1 aromatic heterocycles. The molecule has 4 heteroatoms. The SMILES string of the molecule is C/C(=N\N=c1\sc2ccccc2n1C)c1ccc2ccccc2c1. The highest BCUT2D eigenvalue weighted by Gasteiger charge is 2.02. The molecule has 4 aromatic rings. The van der Waals surface area contributed by atoms with Crippen molar-refractivity contribution in [1.82, 2.24) is 4.57 Å². The molecule has 0 spiro atoms. The fourth-order valence-electron chi connectivity index (χ4n) is 2.77. The van der Waals surface area contributed by atoms with Crippen molar-refractivity contribution in [3.63, 3.8) is 0 Å². The summed E-state index contributed by atoms with van der Waals surface area (Å²) in [7, 11) is 2.03. The molecular formula is C20H17N3S. The van der Waals surface area contributed by atoms with Crippen LogP contribution in [0.5, 0.6) is 0 Å². The molecule has 0 atom stereocenters. The van der Waals surface area contributed by atoms with Gasteiger partial charge >= 0.3 is 0 Å². The highest BCUT2D eigenvalue weighted by molar-refractivity contribution is 7.16. The van der Waals surface area contributed by atoms with Crippen LogP contribution in [0.1, 0.15) is 12.5 Å². The number of nitrogens with zero attached hydrogens (tertiary/aromatic N) is 3. The Kier molecular flexibility index (Phi) is 3.75. The van der Waals surface area contributed by atoms with Crippen LogP contribution < -0.4 is 4.80 Å². The Bertz CT molecular complexity index is 1130. The maximum Gasteiger partial charge on any atom is 0.211 e. The van der Waals surface area contributed by atoms with Gasteiger partial charge in [0.05, 0.1) is 15.9 Å². The third kappa shape index (κ3) is 2.65. The third-order valence-electron chi connectivity index (χ3n) is 4.17. The molecule has 0 N–H and O–H groups in total. The van der Waals surface area contributed by atoms with Crippen molar-refractivity contribution >= 4 is 38.0 Å². The van der Waals surface area contributed by atoms with E-state index in [4.69, 9.17) is 0 Å². The minimum absolute atomic E-state index is 0.899. The van der Waals surface area contributed by atoms with Crippen LogP contribution in [-0.4, -0.2) is 10.3 Å². The number of hydrogen-bond acceptors (Lipinski definition) is 3. The van der Waals surface area contributed by atoms with Gasteiger partial charge in [-0.25, -0.2) is 0 Å². The molecule has 0 aliphatic rings. The second-order valence-electron chi connectivity index (χ2n) is 5.76. The van der Waals surface area contributed by atoms with Crippen LogP contribution in [0.2, 0.25) is 0 Å². The van der Waals surface area contributed by atoms with E-state index in [0.29, 0.717) is 0 Å². The molecule has 0 saturated carbocycles. The lowest BCUT2D eigenvalue weighted by molar-refractivity contribution is 0.888. The summed E-state index contributed by atoms with van der Waals surface area (Å²) in [6.45, 7) is 2.00. The molecule has 4 rings (SSSR count). The molecule has 1 heterocycles. The summed E-state index contributed by atoms with van der Waals surface area (Å²) in [5.41, 5.74) is 3.19. The lowest BCUT2D eigenvalue weighted by Crippen LogP contribution is -2.09. The van der Waals surface area contributed by atoms with Gasteiger partial charge in [-0.05, 0) is 41.5 Å². The van der Waals surface area contributed by atoms with Gasteiger partial charge in [0.15, 0.2) is 0 Å². The highest BCUT2D eigenvalue weighted by Crippen LogP contribution is 2.17. The molecule has 118 valence electrons. The largest absolute Gasteiger partial charge is 0.318 e. The number of aromatic nitrogens is 1. The Morgan fingerprint density at radius 1 is 0.917 bits per heavy atom. The van der Waals surface area contributed by atoms with E-state index in [2.05, 4.69) is 69.4 Å². The van der Waals surface area contributed by atoms with Gasteiger partial charge in [-0.2, -0.15) is 5.10 Å². The van der Waals surface area contributed by atoms with Gasteiger partial charge in [0.1, 0.15) is 0 Å². The number of benzene rings is 3. The molecular weight excluding hydrogens is 314 g/mol. The number of aryl methyl sites for hydroxylation is 1. The van der Waals surface area contributed by atoms with Gasteiger partial charge in [0.25, 0.3) is 0 Å². The van der Waals surface area contributed by atoms with Crippen LogP contribution in [0.15, 0.2) is 76.9 Å². The van der Waals surface area contributed by atoms with E-state index >= 15 is 0 Å². The highest BCUT2D eigenvalue weighted by atomic mass is 32.1. The molecule has 0 aliphatic carbocycles. The van der Waals surface area contributed by atoms with Gasteiger partial charge in [-0.1, -0.05) is 59.9 Å². The maximum atomic E-state index is 4.47. The zero-order chi connectivity index (χ0) is 16.5. The molecule has 0 amide bonds. The van der Waals surface area contributed by atoms with E-state index in [-0.39, 0.29) is 0 Å². The second-order valence-corrected chi connectivity index (χ2v) is 6.77. The van der Waals surface area contributed by atoms with Crippen molar-refractivity contribution in [2.45, 2.75) is 6.92 Å². The van der Waals surface area contributed by atoms with Crippen LogP contribution in [-0.2, 0) is 7.05 Å². The number of rotatable bonds is 2. The first-order valence-corrected chi connectivity index (χ1v) is 8.66.